The van der Waals surface area contributed by atoms with Gasteiger partial charge in [-0.2, -0.15) is 5.26 Å². The Hall–Kier alpha value is -3.26. The standard InChI is InChI=1S/C16H9NO4/c17-8-9-1-3-10(4-2-9)15-14(16(19)20)12-6-5-11(18)7-13(12)21-15/h1-7,18H,(H,19,20). The van der Waals surface area contributed by atoms with Crippen molar-refractivity contribution in [3.8, 4) is 23.1 Å². The second-order valence-electron chi connectivity index (χ2n) is 4.48. The first-order chi connectivity index (χ1) is 10.1. The Morgan fingerprint density at radius 1 is 1.14 bits per heavy atom. The molecule has 0 aliphatic carbocycles. The summed E-state index contributed by atoms with van der Waals surface area (Å²) in [5, 5.41) is 28.1. The summed E-state index contributed by atoms with van der Waals surface area (Å²) in [7, 11) is 0. The number of carboxylic acids is 1. The van der Waals surface area contributed by atoms with E-state index in [1.54, 1.807) is 24.3 Å². The maximum atomic E-state index is 11.5. The first-order valence-electron chi connectivity index (χ1n) is 6.09. The van der Waals surface area contributed by atoms with Gasteiger partial charge in [0, 0.05) is 17.0 Å². The third-order valence-electron chi connectivity index (χ3n) is 3.16. The Balaban J connectivity index is 2.28. The number of nitriles is 1. The number of carboxylic acid groups (broad SMARTS) is 1. The number of nitrogens with zero attached hydrogens (tertiary/aromatic N) is 1. The Labute approximate surface area is 119 Å². The first-order valence-corrected chi connectivity index (χ1v) is 6.09. The van der Waals surface area contributed by atoms with Crippen molar-refractivity contribution in [1.82, 2.24) is 0 Å². The normalized spacial score (nSPS) is 10.4. The number of phenolic OH excluding ortho intramolecular Hbond substituents is 1. The lowest BCUT2D eigenvalue weighted by Crippen LogP contribution is -1.97. The number of phenols is 1. The van der Waals surface area contributed by atoms with Gasteiger partial charge < -0.3 is 14.6 Å². The number of aromatic carboxylic acids is 1. The summed E-state index contributed by atoms with van der Waals surface area (Å²) >= 11 is 0. The SMILES string of the molecule is N#Cc1ccc(-c2oc3cc(O)ccc3c2C(=O)O)cc1. The van der Waals surface area contributed by atoms with Crippen molar-refractivity contribution in [3.63, 3.8) is 0 Å². The van der Waals surface area contributed by atoms with Gasteiger partial charge >= 0.3 is 5.97 Å². The van der Waals surface area contributed by atoms with E-state index in [1.165, 1.54) is 18.2 Å². The number of fused-ring (bicyclic) bond motifs is 1. The third kappa shape index (κ3) is 2.09. The fourth-order valence-electron chi connectivity index (χ4n) is 2.20. The topological polar surface area (TPSA) is 94.5 Å². The molecule has 0 atom stereocenters. The predicted octanol–water partition coefficient (Wildman–Crippen LogP) is 3.38. The molecule has 0 saturated heterocycles. The van der Waals surface area contributed by atoms with Gasteiger partial charge in [-0.15, -0.1) is 0 Å². The van der Waals surface area contributed by atoms with E-state index in [1.807, 2.05) is 6.07 Å². The number of rotatable bonds is 2. The number of carbonyl (C=O) groups is 1. The molecule has 0 aliphatic rings. The van der Waals surface area contributed by atoms with Gasteiger partial charge in [0.05, 0.1) is 11.6 Å². The van der Waals surface area contributed by atoms with Gasteiger partial charge in [0.15, 0.2) is 0 Å². The number of furan rings is 1. The molecule has 0 fully saturated rings. The Bertz CT molecular complexity index is 885. The minimum absolute atomic E-state index is 0.000401. The van der Waals surface area contributed by atoms with Crippen LogP contribution in [0.15, 0.2) is 46.9 Å². The monoisotopic (exact) mass is 279 g/mol. The van der Waals surface area contributed by atoms with Gasteiger partial charge in [-0.25, -0.2) is 4.79 Å². The lowest BCUT2D eigenvalue weighted by Gasteiger charge is -1.99. The van der Waals surface area contributed by atoms with E-state index in [-0.39, 0.29) is 17.1 Å². The van der Waals surface area contributed by atoms with Crippen molar-refractivity contribution >= 4 is 16.9 Å². The van der Waals surface area contributed by atoms with Crippen LogP contribution in [0, 0.1) is 11.3 Å². The van der Waals surface area contributed by atoms with Crippen LogP contribution in [0.3, 0.4) is 0 Å². The van der Waals surface area contributed by atoms with Gasteiger partial charge in [0.1, 0.15) is 22.7 Å². The van der Waals surface area contributed by atoms with Crippen molar-refractivity contribution in [2.45, 2.75) is 0 Å². The van der Waals surface area contributed by atoms with Crippen LogP contribution in [0.2, 0.25) is 0 Å². The highest BCUT2D eigenvalue weighted by molar-refractivity contribution is 6.08. The second-order valence-corrected chi connectivity index (χ2v) is 4.48. The van der Waals surface area contributed by atoms with E-state index in [2.05, 4.69) is 0 Å². The smallest absolute Gasteiger partial charge is 0.340 e. The summed E-state index contributed by atoms with van der Waals surface area (Å²) in [5.41, 5.74) is 1.37. The van der Waals surface area contributed by atoms with Gasteiger partial charge in [-0.3, -0.25) is 0 Å². The molecular formula is C16H9NO4. The van der Waals surface area contributed by atoms with E-state index in [0.717, 1.165) is 0 Å². The van der Waals surface area contributed by atoms with E-state index < -0.39 is 5.97 Å². The molecule has 0 spiro atoms. The molecule has 0 saturated carbocycles. The lowest BCUT2D eigenvalue weighted by molar-refractivity contribution is 0.0699. The summed E-state index contributed by atoms with van der Waals surface area (Å²) in [6.07, 6.45) is 0. The molecule has 0 amide bonds. The van der Waals surface area contributed by atoms with Crippen molar-refractivity contribution in [2.75, 3.05) is 0 Å². The summed E-state index contributed by atoms with van der Waals surface area (Å²) < 4.78 is 5.58. The molecule has 3 rings (SSSR count). The van der Waals surface area contributed by atoms with Gasteiger partial charge in [-0.1, -0.05) is 0 Å². The summed E-state index contributed by atoms with van der Waals surface area (Å²) in [5.74, 6) is -0.911. The van der Waals surface area contributed by atoms with E-state index in [9.17, 15) is 15.0 Å². The molecule has 3 aromatic rings. The number of hydrogen-bond acceptors (Lipinski definition) is 4. The number of aromatic hydroxyl groups is 1. The minimum Gasteiger partial charge on any atom is -0.508 e. The van der Waals surface area contributed by atoms with Crippen LogP contribution < -0.4 is 0 Å². The average Bonchev–Trinajstić information content (AvgIpc) is 2.85. The fourth-order valence-corrected chi connectivity index (χ4v) is 2.20. The van der Waals surface area contributed by atoms with E-state index in [0.29, 0.717) is 22.1 Å². The molecule has 1 aromatic heterocycles. The largest absolute Gasteiger partial charge is 0.508 e. The number of hydrogen-bond donors (Lipinski definition) is 2. The van der Waals surface area contributed by atoms with Gasteiger partial charge in [0.25, 0.3) is 0 Å². The van der Waals surface area contributed by atoms with Crippen LogP contribution >= 0.6 is 0 Å². The van der Waals surface area contributed by atoms with Gasteiger partial charge in [-0.05, 0) is 36.4 Å². The summed E-state index contributed by atoms with van der Waals surface area (Å²) in [6.45, 7) is 0. The fraction of sp³-hybridized carbons (Fsp3) is 0. The Morgan fingerprint density at radius 2 is 1.86 bits per heavy atom. The highest BCUT2D eigenvalue weighted by Crippen LogP contribution is 2.35. The molecule has 102 valence electrons. The van der Waals surface area contributed by atoms with Crippen LogP contribution in [-0.2, 0) is 0 Å². The first kappa shape index (κ1) is 12.8. The van der Waals surface area contributed by atoms with Crippen LogP contribution in [0.5, 0.6) is 5.75 Å². The molecule has 5 nitrogen and oxygen atoms in total. The van der Waals surface area contributed by atoms with Crippen molar-refractivity contribution in [1.29, 1.82) is 5.26 Å². The van der Waals surface area contributed by atoms with Crippen molar-refractivity contribution in [3.05, 3.63) is 53.6 Å². The van der Waals surface area contributed by atoms with E-state index >= 15 is 0 Å². The molecule has 0 unspecified atom stereocenters. The minimum atomic E-state index is -1.11. The van der Waals surface area contributed by atoms with Crippen molar-refractivity contribution in [2.24, 2.45) is 0 Å². The zero-order chi connectivity index (χ0) is 15.0. The molecule has 0 bridgehead atoms. The lowest BCUT2D eigenvalue weighted by atomic mass is 10.0. The maximum absolute atomic E-state index is 11.5. The average molecular weight is 279 g/mol. The molecule has 2 aromatic carbocycles. The van der Waals surface area contributed by atoms with E-state index in [4.69, 9.17) is 9.68 Å². The molecular weight excluding hydrogens is 270 g/mol. The molecule has 0 aliphatic heterocycles. The molecule has 1 heterocycles. The molecule has 5 heteroatoms. The number of benzene rings is 2. The van der Waals surface area contributed by atoms with Crippen molar-refractivity contribution < 1.29 is 19.4 Å². The maximum Gasteiger partial charge on any atom is 0.340 e. The van der Waals surface area contributed by atoms with Crippen LogP contribution in [0.25, 0.3) is 22.3 Å². The molecule has 2 N–H and O–H groups in total. The van der Waals surface area contributed by atoms with Crippen LogP contribution in [0.4, 0.5) is 0 Å². The predicted molar refractivity (Wildman–Crippen MR) is 75.0 cm³/mol. The highest BCUT2D eigenvalue weighted by atomic mass is 16.4. The van der Waals surface area contributed by atoms with Gasteiger partial charge in [0.2, 0.25) is 0 Å². The molecule has 0 radical (unpaired) electrons. The molecule has 21 heavy (non-hydrogen) atoms. The zero-order valence-corrected chi connectivity index (χ0v) is 10.7. The highest BCUT2D eigenvalue weighted by Gasteiger charge is 2.21. The second kappa shape index (κ2) is 4.69. The zero-order valence-electron chi connectivity index (χ0n) is 10.7. The Kier molecular flexibility index (Phi) is 2.85. The summed E-state index contributed by atoms with van der Waals surface area (Å²) in [4.78, 5) is 11.5. The third-order valence-corrected chi connectivity index (χ3v) is 3.16. The quantitative estimate of drug-likeness (QED) is 0.749. The Morgan fingerprint density at radius 3 is 2.48 bits per heavy atom. The van der Waals surface area contributed by atoms with Crippen LogP contribution in [0.1, 0.15) is 15.9 Å². The van der Waals surface area contributed by atoms with Crippen LogP contribution in [-0.4, -0.2) is 16.2 Å². The summed E-state index contributed by atoms with van der Waals surface area (Å²) in [6, 6.07) is 12.7.